The number of anilines is 1. The first-order valence-corrected chi connectivity index (χ1v) is 14.2. The normalized spacial score (nSPS) is 11.2. The van der Waals surface area contributed by atoms with Crippen LogP contribution in [-0.2, 0) is 10.0 Å². The second-order valence-electron chi connectivity index (χ2n) is 8.66. The summed E-state index contributed by atoms with van der Waals surface area (Å²) in [5, 5.41) is 18.3. The van der Waals surface area contributed by atoms with Crippen LogP contribution in [0, 0.1) is 22.7 Å². The molecule has 39 heavy (non-hydrogen) atoms. The van der Waals surface area contributed by atoms with Gasteiger partial charge < -0.3 is 9.64 Å². The van der Waals surface area contributed by atoms with Gasteiger partial charge in [0.05, 0.1) is 28.8 Å². The van der Waals surface area contributed by atoms with E-state index in [1.807, 2.05) is 49.3 Å². The molecule has 0 unspecified atom stereocenters. The number of benzene rings is 2. The zero-order chi connectivity index (χ0) is 27.7. The van der Waals surface area contributed by atoms with Gasteiger partial charge in [0.15, 0.2) is 5.13 Å². The fourth-order valence-corrected chi connectivity index (χ4v) is 6.25. The average Bonchev–Trinajstić information content (AvgIpc) is 3.34. The Bertz CT molecular complexity index is 1430. The number of aromatic nitrogens is 1. The summed E-state index contributed by atoms with van der Waals surface area (Å²) in [4.78, 5) is 22.0. The molecular formula is C26H31ClN6O4S2. The molecule has 0 radical (unpaired) electrons. The van der Waals surface area contributed by atoms with Crippen molar-refractivity contribution in [3.63, 3.8) is 0 Å². The lowest BCUT2D eigenvalue weighted by atomic mass is 10.2. The van der Waals surface area contributed by atoms with Gasteiger partial charge in [-0.1, -0.05) is 17.4 Å². The van der Waals surface area contributed by atoms with Gasteiger partial charge in [-0.3, -0.25) is 9.69 Å². The van der Waals surface area contributed by atoms with Gasteiger partial charge in [0, 0.05) is 38.0 Å². The topological polar surface area (TPSA) is 131 Å². The molecule has 0 aliphatic heterocycles. The first kappa shape index (κ1) is 32.0. The van der Waals surface area contributed by atoms with E-state index < -0.39 is 10.0 Å². The van der Waals surface area contributed by atoms with Gasteiger partial charge in [-0.15, -0.1) is 12.4 Å². The number of methoxy groups -OCH3 is 1. The number of rotatable bonds is 13. The summed E-state index contributed by atoms with van der Waals surface area (Å²) in [6, 6.07) is 15.2. The number of amides is 1. The summed E-state index contributed by atoms with van der Waals surface area (Å²) >= 11 is 1.39. The SMILES string of the molecule is COc1cccc2sc(N(CCCN(C)C)C(=O)c3ccc(S(=O)(=O)N(CCC#N)CCC#N)cc3)nc12.Cl. The first-order chi connectivity index (χ1) is 18.2. The van der Waals surface area contributed by atoms with E-state index in [1.54, 1.807) is 12.0 Å². The largest absolute Gasteiger partial charge is 0.494 e. The number of sulfonamides is 1. The van der Waals surface area contributed by atoms with E-state index in [0.29, 0.717) is 34.9 Å². The van der Waals surface area contributed by atoms with Crippen LogP contribution in [0.15, 0.2) is 47.4 Å². The number of halogens is 1. The number of hydrogen-bond donors (Lipinski definition) is 0. The van der Waals surface area contributed by atoms with Crippen molar-refractivity contribution >= 4 is 55.0 Å². The molecule has 13 heteroatoms. The number of ether oxygens (including phenoxy) is 1. The number of fused-ring (bicyclic) bond motifs is 1. The number of hydrogen-bond acceptors (Lipinski definition) is 9. The van der Waals surface area contributed by atoms with Crippen molar-refractivity contribution in [2.45, 2.75) is 24.2 Å². The second-order valence-corrected chi connectivity index (χ2v) is 11.6. The first-order valence-electron chi connectivity index (χ1n) is 12.0. The minimum atomic E-state index is -3.93. The molecule has 0 atom stereocenters. The highest BCUT2D eigenvalue weighted by Crippen LogP contribution is 2.34. The van der Waals surface area contributed by atoms with Crippen LogP contribution < -0.4 is 9.64 Å². The molecule has 0 fully saturated rings. The Kier molecular flexibility index (Phi) is 12.1. The molecule has 0 spiro atoms. The van der Waals surface area contributed by atoms with Crippen molar-refractivity contribution in [1.82, 2.24) is 14.2 Å². The summed E-state index contributed by atoms with van der Waals surface area (Å²) in [6.07, 6.45) is 0.733. The molecule has 3 rings (SSSR count). The molecule has 1 heterocycles. The summed E-state index contributed by atoms with van der Waals surface area (Å²) in [7, 11) is 1.57. The smallest absolute Gasteiger partial charge is 0.260 e. The van der Waals surface area contributed by atoms with Gasteiger partial charge in [-0.25, -0.2) is 13.4 Å². The molecule has 2 aromatic carbocycles. The van der Waals surface area contributed by atoms with Gasteiger partial charge in [-0.2, -0.15) is 14.8 Å². The maximum atomic E-state index is 13.6. The molecule has 0 saturated carbocycles. The van der Waals surface area contributed by atoms with Gasteiger partial charge in [0.1, 0.15) is 11.3 Å². The van der Waals surface area contributed by atoms with Crippen LogP contribution in [0.25, 0.3) is 10.2 Å². The Hall–Kier alpha value is -3.26. The standard InChI is InChI=1S/C26H30N6O4S2.ClH/c1-30(2)16-7-19-32(26-29-24-22(36-3)8-4-9-23(24)37-26)25(33)20-10-12-21(13-11-20)38(34,35)31(17-5-14-27)18-6-15-28;/h4,8-13H,5-7,16-19H2,1-3H3;1H. The Morgan fingerprint density at radius 3 is 2.21 bits per heavy atom. The van der Waals surface area contributed by atoms with Crippen LogP contribution in [-0.4, -0.2) is 75.9 Å². The van der Waals surface area contributed by atoms with Crippen LogP contribution in [0.2, 0.25) is 0 Å². The maximum Gasteiger partial charge on any atom is 0.260 e. The van der Waals surface area contributed by atoms with Crippen LogP contribution in [0.4, 0.5) is 5.13 Å². The molecule has 0 bridgehead atoms. The van der Waals surface area contributed by atoms with Crippen LogP contribution in [0.1, 0.15) is 29.6 Å². The fraction of sp³-hybridized carbons (Fsp3) is 0.385. The third-order valence-corrected chi connectivity index (χ3v) is 8.70. The maximum absolute atomic E-state index is 13.6. The lowest BCUT2D eigenvalue weighted by molar-refractivity contribution is 0.0986. The van der Waals surface area contributed by atoms with Gasteiger partial charge in [0.25, 0.3) is 5.91 Å². The predicted octanol–water partition coefficient (Wildman–Crippen LogP) is 4.14. The number of thiazole rings is 1. The molecule has 1 aromatic heterocycles. The van der Waals surface area contributed by atoms with Crippen LogP contribution >= 0.6 is 23.7 Å². The third kappa shape index (κ3) is 7.88. The van der Waals surface area contributed by atoms with E-state index in [-0.39, 0.29) is 49.1 Å². The van der Waals surface area contributed by atoms with Crippen molar-refractivity contribution in [3.05, 3.63) is 48.0 Å². The van der Waals surface area contributed by atoms with Crippen molar-refractivity contribution < 1.29 is 17.9 Å². The highest BCUT2D eigenvalue weighted by molar-refractivity contribution is 7.89. The van der Waals surface area contributed by atoms with E-state index in [2.05, 4.69) is 0 Å². The Balaban J connectivity index is 0.00000533. The van der Waals surface area contributed by atoms with E-state index in [1.165, 1.54) is 35.6 Å². The zero-order valence-corrected chi connectivity index (χ0v) is 24.5. The van der Waals surface area contributed by atoms with Crippen molar-refractivity contribution in [3.8, 4) is 17.9 Å². The molecule has 0 aliphatic rings. The molecular weight excluding hydrogens is 560 g/mol. The number of carbonyl (C=O) groups is 1. The molecule has 1 amide bonds. The van der Waals surface area contributed by atoms with E-state index >= 15 is 0 Å². The Labute approximate surface area is 239 Å². The molecule has 0 saturated heterocycles. The molecule has 10 nitrogen and oxygen atoms in total. The van der Waals surface area contributed by atoms with Gasteiger partial charge >= 0.3 is 0 Å². The average molecular weight is 591 g/mol. The van der Waals surface area contributed by atoms with Gasteiger partial charge in [-0.05, 0) is 63.5 Å². The van der Waals surface area contributed by atoms with Crippen LogP contribution in [0.5, 0.6) is 5.75 Å². The summed E-state index contributed by atoms with van der Waals surface area (Å²) in [5.41, 5.74) is 0.998. The van der Waals surface area contributed by atoms with Gasteiger partial charge in [0.2, 0.25) is 10.0 Å². The molecule has 0 N–H and O–H groups in total. The number of carbonyl (C=O) groups excluding carboxylic acids is 1. The molecule has 3 aromatic rings. The molecule has 0 aliphatic carbocycles. The minimum absolute atomic E-state index is 0. The van der Waals surface area contributed by atoms with E-state index in [9.17, 15) is 13.2 Å². The Morgan fingerprint density at radius 1 is 1.00 bits per heavy atom. The number of nitriles is 2. The van der Waals surface area contributed by atoms with E-state index in [0.717, 1.165) is 15.5 Å². The monoisotopic (exact) mass is 590 g/mol. The quantitative estimate of drug-likeness (QED) is 0.290. The Morgan fingerprint density at radius 2 is 1.64 bits per heavy atom. The lowest BCUT2D eigenvalue weighted by Gasteiger charge is -2.22. The summed E-state index contributed by atoms with van der Waals surface area (Å²) in [6.45, 7) is 1.18. The van der Waals surface area contributed by atoms with Crippen molar-refractivity contribution in [1.29, 1.82) is 10.5 Å². The summed E-state index contributed by atoms with van der Waals surface area (Å²) in [5.74, 6) is 0.328. The van der Waals surface area contributed by atoms with Crippen molar-refractivity contribution in [2.24, 2.45) is 0 Å². The number of para-hydroxylation sites is 1. The highest BCUT2D eigenvalue weighted by atomic mass is 35.5. The summed E-state index contributed by atoms with van der Waals surface area (Å²) < 4.78 is 33.7. The lowest BCUT2D eigenvalue weighted by Crippen LogP contribution is -2.34. The third-order valence-electron chi connectivity index (χ3n) is 5.74. The van der Waals surface area contributed by atoms with Crippen LogP contribution in [0.3, 0.4) is 0 Å². The second kappa shape index (κ2) is 14.8. The predicted molar refractivity (Wildman–Crippen MR) is 154 cm³/mol. The highest BCUT2D eigenvalue weighted by Gasteiger charge is 2.26. The number of nitrogens with zero attached hydrogens (tertiary/aromatic N) is 6. The minimum Gasteiger partial charge on any atom is -0.494 e. The fourth-order valence-electron chi connectivity index (χ4n) is 3.80. The zero-order valence-electron chi connectivity index (χ0n) is 22.0. The van der Waals surface area contributed by atoms with Crippen molar-refractivity contribution in [2.75, 3.05) is 52.3 Å². The van der Waals surface area contributed by atoms with E-state index in [4.69, 9.17) is 20.2 Å². The molecule has 208 valence electrons.